The number of anilines is 2. The Morgan fingerprint density at radius 3 is 2.77 bits per heavy atom. The van der Waals surface area contributed by atoms with Crippen LogP contribution in [0.5, 0.6) is 5.75 Å². The maximum atomic E-state index is 13.1. The summed E-state index contributed by atoms with van der Waals surface area (Å²) < 4.78 is 5.17. The summed E-state index contributed by atoms with van der Waals surface area (Å²) in [6.45, 7) is 1.82. The van der Waals surface area contributed by atoms with Gasteiger partial charge in [0, 0.05) is 30.7 Å². The lowest BCUT2D eigenvalue weighted by molar-refractivity contribution is -0.122. The van der Waals surface area contributed by atoms with Gasteiger partial charge < -0.3 is 9.64 Å². The van der Waals surface area contributed by atoms with Crippen molar-refractivity contribution in [3.8, 4) is 5.75 Å². The van der Waals surface area contributed by atoms with Gasteiger partial charge in [-0.05, 0) is 54.3 Å². The number of nitrogens with one attached hydrogen (secondary N) is 1. The first-order valence-corrected chi connectivity index (χ1v) is 10.5. The topological polar surface area (TPSA) is 79.0 Å². The van der Waals surface area contributed by atoms with Crippen molar-refractivity contribution < 1.29 is 19.1 Å². The minimum Gasteiger partial charge on any atom is -0.497 e. The summed E-state index contributed by atoms with van der Waals surface area (Å²) in [7, 11) is 1.50. The van der Waals surface area contributed by atoms with Crippen molar-refractivity contribution in [2.24, 2.45) is 0 Å². The summed E-state index contributed by atoms with van der Waals surface area (Å²) in [6.07, 6.45) is 3.33. The van der Waals surface area contributed by atoms with Crippen LogP contribution in [0, 0.1) is 0 Å². The molecule has 0 atom stereocenters. The number of ether oxygens (including phenoxy) is 1. The third-order valence-electron chi connectivity index (χ3n) is 5.38. The van der Waals surface area contributed by atoms with Crippen LogP contribution in [-0.2, 0) is 16.0 Å². The van der Waals surface area contributed by atoms with E-state index in [9.17, 15) is 14.4 Å². The van der Waals surface area contributed by atoms with Crippen molar-refractivity contribution >= 4 is 46.9 Å². The number of carbonyl (C=O) groups is 3. The minimum atomic E-state index is -0.788. The largest absolute Gasteiger partial charge is 0.497 e. The SMILES string of the molecule is COc1cccc(N2C(=O)NC(=O)C(=Cc3ccc4c(c3)CCN4CCCCl)C2=O)c1. The molecule has 1 saturated heterocycles. The molecule has 0 aliphatic carbocycles. The number of alkyl halides is 1. The Kier molecular flexibility index (Phi) is 5.95. The highest BCUT2D eigenvalue weighted by Crippen LogP contribution is 2.30. The molecule has 0 saturated carbocycles. The van der Waals surface area contributed by atoms with Gasteiger partial charge in [-0.15, -0.1) is 11.6 Å². The number of barbiturate groups is 1. The molecule has 160 valence electrons. The van der Waals surface area contributed by atoms with Gasteiger partial charge in [-0.25, -0.2) is 9.69 Å². The molecule has 0 radical (unpaired) electrons. The average molecular weight is 440 g/mol. The van der Waals surface area contributed by atoms with Crippen molar-refractivity contribution in [2.45, 2.75) is 12.8 Å². The van der Waals surface area contributed by atoms with Crippen molar-refractivity contribution in [3.05, 3.63) is 59.2 Å². The van der Waals surface area contributed by atoms with Crippen LogP contribution >= 0.6 is 11.6 Å². The molecule has 0 bridgehead atoms. The maximum Gasteiger partial charge on any atom is 0.335 e. The van der Waals surface area contributed by atoms with Crippen LogP contribution in [0.2, 0.25) is 0 Å². The van der Waals surface area contributed by atoms with Crippen molar-refractivity contribution in [2.75, 3.05) is 35.9 Å². The molecule has 31 heavy (non-hydrogen) atoms. The van der Waals surface area contributed by atoms with Crippen molar-refractivity contribution in [1.29, 1.82) is 0 Å². The molecule has 2 aromatic rings. The zero-order valence-electron chi connectivity index (χ0n) is 17.1. The summed E-state index contributed by atoms with van der Waals surface area (Å²) in [5.74, 6) is -0.266. The van der Waals surface area contributed by atoms with Gasteiger partial charge in [-0.2, -0.15) is 0 Å². The normalized spacial score (nSPS) is 17.2. The molecule has 2 aromatic carbocycles. The molecule has 1 N–H and O–H groups in total. The van der Waals surface area contributed by atoms with E-state index in [1.54, 1.807) is 24.3 Å². The van der Waals surface area contributed by atoms with Crippen molar-refractivity contribution in [3.63, 3.8) is 0 Å². The molecular formula is C23H22ClN3O4. The van der Waals surface area contributed by atoms with Crippen LogP contribution in [0.1, 0.15) is 17.5 Å². The Labute approximate surface area is 185 Å². The summed E-state index contributed by atoms with van der Waals surface area (Å²) >= 11 is 5.81. The summed E-state index contributed by atoms with van der Waals surface area (Å²) in [5, 5.41) is 2.25. The number of urea groups is 1. The second-order valence-electron chi connectivity index (χ2n) is 7.33. The fourth-order valence-corrected chi connectivity index (χ4v) is 3.99. The first-order valence-electron chi connectivity index (χ1n) is 10.0. The van der Waals surface area contributed by atoms with E-state index in [-0.39, 0.29) is 5.57 Å². The quantitative estimate of drug-likeness (QED) is 0.424. The molecule has 7 nitrogen and oxygen atoms in total. The van der Waals surface area contributed by atoms with Gasteiger partial charge in [-0.3, -0.25) is 14.9 Å². The number of halogens is 1. The van der Waals surface area contributed by atoms with Gasteiger partial charge in [-0.1, -0.05) is 12.1 Å². The monoisotopic (exact) mass is 439 g/mol. The van der Waals surface area contributed by atoms with Gasteiger partial charge in [0.2, 0.25) is 0 Å². The van der Waals surface area contributed by atoms with Gasteiger partial charge in [0.05, 0.1) is 12.8 Å². The van der Waals surface area contributed by atoms with Gasteiger partial charge in [0.25, 0.3) is 11.8 Å². The van der Waals surface area contributed by atoms with Gasteiger partial charge in [0.1, 0.15) is 11.3 Å². The molecule has 2 heterocycles. The smallest absolute Gasteiger partial charge is 0.335 e. The Morgan fingerprint density at radius 1 is 1.16 bits per heavy atom. The van der Waals surface area contributed by atoms with Crippen molar-refractivity contribution in [1.82, 2.24) is 5.32 Å². The first-order chi connectivity index (χ1) is 15.0. The molecule has 8 heteroatoms. The fraction of sp³-hybridized carbons (Fsp3) is 0.261. The molecule has 1 fully saturated rings. The number of imide groups is 2. The Bertz CT molecular complexity index is 1080. The minimum absolute atomic E-state index is 0.0978. The predicted octanol–water partition coefficient (Wildman–Crippen LogP) is 3.35. The van der Waals surface area contributed by atoms with Crippen LogP contribution < -0.4 is 19.9 Å². The zero-order valence-corrected chi connectivity index (χ0v) is 17.8. The highest BCUT2D eigenvalue weighted by atomic mass is 35.5. The van der Waals surface area contributed by atoms with Crippen LogP contribution in [0.25, 0.3) is 6.08 Å². The van der Waals surface area contributed by atoms with E-state index in [1.807, 2.05) is 18.2 Å². The molecule has 4 rings (SSSR count). The van der Waals surface area contributed by atoms with Crippen LogP contribution in [-0.4, -0.2) is 43.9 Å². The van der Waals surface area contributed by atoms with E-state index in [0.29, 0.717) is 17.3 Å². The lowest BCUT2D eigenvalue weighted by atomic mass is 10.0. The second kappa shape index (κ2) is 8.81. The number of fused-ring (bicyclic) bond motifs is 1. The number of hydrogen-bond acceptors (Lipinski definition) is 5. The summed E-state index contributed by atoms with van der Waals surface area (Å²) in [4.78, 5) is 41.1. The molecular weight excluding hydrogens is 418 g/mol. The molecule has 0 aromatic heterocycles. The Morgan fingerprint density at radius 2 is 2.00 bits per heavy atom. The number of methoxy groups -OCH3 is 1. The number of rotatable bonds is 6. The average Bonchev–Trinajstić information content (AvgIpc) is 3.17. The first kappa shape index (κ1) is 20.9. The third-order valence-corrected chi connectivity index (χ3v) is 5.65. The standard InChI is InChI=1S/C23H22ClN3O4/c1-31-18-5-2-4-17(14-18)27-22(29)19(21(28)25-23(27)30)13-15-6-7-20-16(12-15)8-11-26(20)10-3-9-24/h2,4-7,12-14H,3,8-11H2,1H3,(H,25,28,30). The third kappa shape index (κ3) is 4.14. The maximum absolute atomic E-state index is 13.1. The predicted molar refractivity (Wildman–Crippen MR) is 120 cm³/mol. The fourth-order valence-electron chi connectivity index (χ4n) is 3.87. The van der Waals surface area contributed by atoms with E-state index in [4.69, 9.17) is 16.3 Å². The van der Waals surface area contributed by atoms with E-state index in [2.05, 4.69) is 10.2 Å². The van der Waals surface area contributed by atoms with E-state index < -0.39 is 17.8 Å². The molecule has 4 amide bonds. The van der Waals surface area contributed by atoms with Gasteiger partial charge in [0.15, 0.2) is 0 Å². The van der Waals surface area contributed by atoms with E-state index in [1.165, 1.54) is 13.2 Å². The van der Waals surface area contributed by atoms with Crippen LogP contribution in [0.3, 0.4) is 0 Å². The number of nitrogens with zero attached hydrogens (tertiary/aromatic N) is 2. The number of amides is 4. The van der Waals surface area contributed by atoms with E-state index in [0.717, 1.165) is 47.6 Å². The number of carbonyl (C=O) groups excluding carboxylic acids is 3. The van der Waals surface area contributed by atoms with Crippen LogP contribution in [0.4, 0.5) is 16.2 Å². The molecule has 0 spiro atoms. The molecule has 0 unspecified atom stereocenters. The second-order valence-corrected chi connectivity index (χ2v) is 7.71. The highest BCUT2D eigenvalue weighted by molar-refractivity contribution is 6.39. The van der Waals surface area contributed by atoms with Gasteiger partial charge >= 0.3 is 6.03 Å². The van der Waals surface area contributed by atoms with Crippen LogP contribution in [0.15, 0.2) is 48.0 Å². The lowest BCUT2D eigenvalue weighted by Crippen LogP contribution is -2.54. The number of hydrogen-bond donors (Lipinski definition) is 1. The number of benzene rings is 2. The zero-order chi connectivity index (χ0) is 22.0. The Hall–Kier alpha value is -3.32. The summed E-state index contributed by atoms with van der Waals surface area (Å²) in [6, 6.07) is 11.6. The van der Waals surface area contributed by atoms with E-state index >= 15 is 0 Å². The molecule has 2 aliphatic heterocycles. The lowest BCUT2D eigenvalue weighted by Gasteiger charge is -2.26. The highest BCUT2D eigenvalue weighted by Gasteiger charge is 2.37. The Balaban J connectivity index is 1.63. The molecule has 2 aliphatic rings. The summed E-state index contributed by atoms with van der Waals surface area (Å²) in [5.41, 5.74) is 3.27.